The number of carbonyl (C=O) groups is 1. The van der Waals surface area contributed by atoms with Crippen LogP contribution in [0.15, 0.2) is 36.5 Å². The van der Waals surface area contributed by atoms with Gasteiger partial charge in [0.25, 0.3) is 5.91 Å². The second kappa shape index (κ2) is 7.55. The van der Waals surface area contributed by atoms with Crippen LogP contribution in [0.25, 0.3) is 5.65 Å². The molecule has 8 heteroatoms. The zero-order chi connectivity index (χ0) is 20.5. The maximum absolute atomic E-state index is 13.8. The van der Waals surface area contributed by atoms with E-state index in [1.165, 1.54) is 6.07 Å². The number of aromatic nitrogens is 2. The van der Waals surface area contributed by atoms with Crippen molar-refractivity contribution >= 4 is 11.6 Å². The first-order valence-corrected chi connectivity index (χ1v) is 8.70. The third kappa shape index (κ3) is 3.82. The van der Waals surface area contributed by atoms with Gasteiger partial charge in [-0.15, -0.1) is 0 Å². The Morgan fingerprint density at radius 3 is 2.57 bits per heavy atom. The standard InChI is InChI=1S/C20H21F2N3O3/c1-12-17(19(27)24-20(2,3)11-26)25-9-5-8-16(18(25)23-12)28-10-13-14(21)6-4-7-15(13)22/h4-9,26H,10-11H2,1-3H3,(H,24,27). The summed E-state index contributed by atoms with van der Waals surface area (Å²) in [6.45, 7) is 4.52. The van der Waals surface area contributed by atoms with Gasteiger partial charge in [0.1, 0.15) is 23.9 Å². The third-order valence-electron chi connectivity index (χ3n) is 4.28. The lowest BCUT2D eigenvalue weighted by molar-refractivity contribution is 0.0862. The Morgan fingerprint density at radius 2 is 1.93 bits per heavy atom. The quantitative estimate of drug-likeness (QED) is 0.680. The van der Waals surface area contributed by atoms with E-state index in [9.17, 15) is 18.7 Å². The Bertz CT molecular complexity index is 1010. The number of pyridine rings is 1. The van der Waals surface area contributed by atoms with Crippen LogP contribution in [0, 0.1) is 18.6 Å². The number of carbonyl (C=O) groups excluding carboxylic acids is 1. The molecule has 28 heavy (non-hydrogen) atoms. The van der Waals surface area contributed by atoms with Crippen LogP contribution in [0.5, 0.6) is 5.75 Å². The molecule has 2 N–H and O–H groups in total. The van der Waals surface area contributed by atoms with Gasteiger partial charge in [0.05, 0.1) is 23.4 Å². The molecule has 0 atom stereocenters. The number of amides is 1. The predicted molar refractivity (Wildman–Crippen MR) is 99.3 cm³/mol. The summed E-state index contributed by atoms with van der Waals surface area (Å²) in [5.41, 5.74) is 0.113. The normalized spacial score (nSPS) is 11.6. The van der Waals surface area contributed by atoms with Crippen LogP contribution in [-0.2, 0) is 6.61 Å². The maximum Gasteiger partial charge on any atom is 0.270 e. The molecule has 0 unspecified atom stereocenters. The summed E-state index contributed by atoms with van der Waals surface area (Å²) in [4.78, 5) is 17.0. The number of aliphatic hydroxyl groups is 1. The van der Waals surface area contributed by atoms with E-state index in [1.807, 2.05) is 0 Å². The number of halogens is 2. The van der Waals surface area contributed by atoms with Gasteiger partial charge in [-0.3, -0.25) is 9.20 Å². The van der Waals surface area contributed by atoms with Gasteiger partial charge in [0.2, 0.25) is 0 Å². The maximum atomic E-state index is 13.8. The molecule has 3 rings (SSSR count). The van der Waals surface area contributed by atoms with Crippen molar-refractivity contribution in [1.29, 1.82) is 0 Å². The first-order chi connectivity index (χ1) is 13.2. The number of nitrogens with zero attached hydrogens (tertiary/aromatic N) is 2. The number of fused-ring (bicyclic) bond motifs is 1. The van der Waals surface area contributed by atoms with Crippen molar-refractivity contribution in [2.45, 2.75) is 32.9 Å². The first kappa shape index (κ1) is 19.8. The Hall–Kier alpha value is -3.00. The second-order valence-electron chi connectivity index (χ2n) is 7.10. The molecular formula is C20H21F2N3O3. The highest BCUT2D eigenvalue weighted by atomic mass is 19.1. The van der Waals surface area contributed by atoms with Gasteiger partial charge in [-0.05, 0) is 45.0 Å². The highest BCUT2D eigenvalue weighted by Crippen LogP contribution is 2.24. The molecule has 0 aliphatic rings. The number of benzene rings is 1. The van der Waals surface area contributed by atoms with Crippen molar-refractivity contribution in [3.63, 3.8) is 0 Å². The number of hydrogen-bond acceptors (Lipinski definition) is 4. The predicted octanol–water partition coefficient (Wildman–Crippen LogP) is 3.00. The van der Waals surface area contributed by atoms with Gasteiger partial charge in [0, 0.05) is 6.20 Å². The van der Waals surface area contributed by atoms with Crippen LogP contribution < -0.4 is 10.1 Å². The lowest BCUT2D eigenvalue weighted by Gasteiger charge is -2.23. The van der Waals surface area contributed by atoms with Crippen molar-refractivity contribution in [2.24, 2.45) is 0 Å². The molecule has 0 saturated carbocycles. The van der Waals surface area contributed by atoms with Crippen LogP contribution >= 0.6 is 0 Å². The molecule has 0 radical (unpaired) electrons. The van der Waals surface area contributed by atoms with Crippen LogP contribution in [0.4, 0.5) is 8.78 Å². The number of nitrogens with one attached hydrogen (secondary N) is 1. The third-order valence-corrected chi connectivity index (χ3v) is 4.28. The second-order valence-corrected chi connectivity index (χ2v) is 7.10. The Kier molecular flexibility index (Phi) is 5.33. The van der Waals surface area contributed by atoms with Gasteiger partial charge in [-0.2, -0.15) is 0 Å². The molecule has 2 heterocycles. The summed E-state index contributed by atoms with van der Waals surface area (Å²) in [6, 6.07) is 6.86. The number of aliphatic hydroxyl groups excluding tert-OH is 1. The Labute approximate surface area is 160 Å². The molecule has 0 bridgehead atoms. The first-order valence-electron chi connectivity index (χ1n) is 8.70. The molecule has 0 fully saturated rings. The molecule has 148 valence electrons. The van der Waals surface area contributed by atoms with Gasteiger partial charge in [0.15, 0.2) is 11.4 Å². The van der Waals surface area contributed by atoms with Crippen LogP contribution in [-0.4, -0.2) is 32.5 Å². The average Bonchev–Trinajstić information content (AvgIpc) is 2.97. The van der Waals surface area contributed by atoms with Crippen molar-refractivity contribution in [2.75, 3.05) is 6.61 Å². The Morgan fingerprint density at radius 1 is 1.25 bits per heavy atom. The van der Waals surface area contributed by atoms with Gasteiger partial charge >= 0.3 is 0 Å². The van der Waals surface area contributed by atoms with E-state index in [-0.39, 0.29) is 24.5 Å². The lowest BCUT2D eigenvalue weighted by atomic mass is 10.1. The molecule has 3 aromatic rings. The molecule has 0 aliphatic carbocycles. The fraction of sp³-hybridized carbons (Fsp3) is 0.300. The molecule has 0 saturated heterocycles. The number of imidazole rings is 1. The molecule has 0 aliphatic heterocycles. The molecule has 1 amide bonds. The van der Waals surface area contributed by atoms with E-state index in [2.05, 4.69) is 10.3 Å². The summed E-state index contributed by atoms with van der Waals surface area (Å²) in [5.74, 6) is -1.51. The lowest BCUT2D eigenvalue weighted by Crippen LogP contribution is -2.46. The topological polar surface area (TPSA) is 75.9 Å². The minimum atomic E-state index is -0.801. The molecule has 1 aromatic carbocycles. The largest absolute Gasteiger partial charge is 0.485 e. The van der Waals surface area contributed by atoms with Crippen molar-refractivity contribution in [3.05, 3.63) is 65.1 Å². The van der Waals surface area contributed by atoms with E-state index < -0.39 is 23.1 Å². The van der Waals surface area contributed by atoms with Crippen LogP contribution in [0.2, 0.25) is 0 Å². The van der Waals surface area contributed by atoms with Gasteiger partial charge in [-0.25, -0.2) is 13.8 Å². The highest BCUT2D eigenvalue weighted by molar-refractivity contribution is 5.95. The SMILES string of the molecule is Cc1nc2c(OCc3c(F)cccc3F)cccn2c1C(=O)NC(C)(C)CO. The van der Waals surface area contributed by atoms with Crippen LogP contribution in [0.3, 0.4) is 0 Å². The average molecular weight is 389 g/mol. The number of rotatable bonds is 6. The summed E-state index contributed by atoms with van der Waals surface area (Å²) >= 11 is 0. The fourth-order valence-electron chi connectivity index (χ4n) is 2.77. The van der Waals surface area contributed by atoms with Gasteiger partial charge < -0.3 is 15.2 Å². The summed E-state index contributed by atoms with van der Waals surface area (Å²) in [5, 5.41) is 12.1. The zero-order valence-corrected chi connectivity index (χ0v) is 15.8. The zero-order valence-electron chi connectivity index (χ0n) is 15.8. The molecule has 6 nitrogen and oxygen atoms in total. The summed E-state index contributed by atoms with van der Waals surface area (Å²) in [6.07, 6.45) is 1.65. The van der Waals surface area contributed by atoms with E-state index in [1.54, 1.807) is 43.5 Å². The number of ether oxygens (including phenoxy) is 1. The Balaban J connectivity index is 1.93. The molecular weight excluding hydrogens is 368 g/mol. The van der Waals surface area contributed by atoms with Crippen molar-refractivity contribution in [1.82, 2.24) is 14.7 Å². The molecule has 0 spiro atoms. The van der Waals surface area contributed by atoms with Crippen molar-refractivity contribution < 1.29 is 23.4 Å². The highest BCUT2D eigenvalue weighted by Gasteiger charge is 2.25. The van der Waals surface area contributed by atoms with E-state index in [4.69, 9.17) is 4.74 Å². The minimum Gasteiger partial charge on any atom is -0.485 e. The fourth-order valence-corrected chi connectivity index (χ4v) is 2.77. The minimum absolute atomic E-state index is 0.185. The number of hydrogen-bond donors (Lipinski definition) is 2. The van der Waals surface area contributed by atoms with Gasteiger partial charge in [-0.1, -0.05) is 6.07 Å². The number of aryl methyl sites for hydroxylation is 1. The van der Waals surface area contributed by atoms with E-state index >= 15 is 0 Å². The van der Waals surface area contributed by atoms with E-state index in [0.29, 0.717) is 17.0 Å². The monoisotopic (exact) mass is 389 g/mol. The molecule has 2 aromatic heterocycles. The van der Waals surface area contributed by atoms with E-state index in [0.717, 1.165) is 12.1 Å². The smallest absolute Gasteiger partial charge is 0.270 e. The summed E-state index contributed by atoms with van der Waals surface area (Å²) < 4.78 is 34.8. The van der Waals surface area contributed by atoms with Crippen LogP contribution in [0.1, 0.15) is 35.6 Å². The summed E-state index contributed by atoms with van der Waals surface area (Å²) in [7, 11) is 0. The van der Waals surface area contributed by atoms with Crippen molar-refractivity contribution in [3.8, 4) is 5.75 Å².